The predicted octanol–water partition coefficient (Wildman–Crippen LogP) is 2.75. The minimum Gasteiger partial charge on any atom is -0.342 e. The number of benzene rings is 1. The van der Waals surface area contributed by atoms with Gasteiger partial charge in [0.2, 0.25) is 11.8 Å². The fourth-order valence-electron chi connectivity index (χ4n) is 4.08. The summed E-state index contributed by atoms with van der Waals surface area (Å²) in [6, 6.07) is 10.1. The molecule has 4 nitrogen and oxygen atoms in total. The first kappa shape index (κ1) is 17.3. The van der Waals surface area contributed by atoms with Crippen LogP contribution in [0, 0.1) is 0 Å². The molecule has 2 amide bonds. The number of carbonyl (C=O) groups is 2. The van der Waals surface area contributed by atoms with Crippen LogP contribution in [0.25, 0.3) is 0 Å². The Kier molecular flexibility index (Phi) is 5.18. The maximum atomic E-state index is 12.8. The summed E-state index contributed by atoms with van der Waals surface area (Å²) >= 11 is 1.71. The number of thioether (sulfide) groups is 1. The Morgan fingerprint density at radius 3 is 2.54 bits per heavy atom. The number of amides is 2. The van der Waals surface area contributed by atoms with E-state index in [4.69, 9.17) is 0 Å². The Labute approximate surface area is 148 Å². The van der Waals surface area contributed by atoms with Gasteiger partial charge in [-0.25, -0.2) is 0 Å². The van der Waals surface area contributed by atoms with E-state index in [1.54, 1.807) is 11.8 Å². The number of piperidine rings is 1. The molecule has 2 aliphatic heterocycles. The van der Waals surface area contributed by atoms with E-state index in [0.717, 1.165) is 43.7 Å². The van der Waals surface area contributed by atoms with Crippen molar-refractivity contribution >= 4 is 23.6 Å². The summed E-state index contributed by atoms with van der Waals surface area (Å²) in [6.07, 6.45) is 5.31. The largest absolute Gasteiger partial charge is 0.342 e. The summed E-state index contributed by atoms with van der Waals surface area (Å²) < 4.78 is 0. The van der Waals surface area contributed by atoms with Crippen LogP contribution < -0.4 is 0 Å². The van der Waals surface area contributed by atoms with Gasteiger partial charge in [-0.05, 0) is 31.1 Å². The van der Waals surface area contributed by atoms with Crippen LogP contribution in [-0.2, 0) is 9.59 Å². The molecule has 1 atom stereocenters. The van der Waals surface area contributed by atoms with Crippen molar-refractivity contribution in [2.45, 2.75) is 37.1 Å². The quantitative estimate of drug-likeness (QED) is 0.842. The fraction of sp³-hybridized carbons (Fsp3) is 0.579. The maximum Gasteiger partial charge on any atom is 0.230 e. The highest BCUT2D eigenvalue weighted by Crippen LogP contribution is 2.44. The molecule has 3 rings (SSSR count). The normalized spacial score (nSPS) is 23.1. The lowest BCUT2D eigenvalue weighted by atomic mass is 9.81. The van der Waals surface area contributed by atoms with Gasteiger partial charge < -0.3 is 9.80 Å². The van der Waals surface area contributed by atoms with Crippen LogP contribution in [-0.4, -0.2) is 59.3 Å². The van der Waals surface area contributed by atoms with Crippen LogP contribution >= 0.6 is 11.8 Å². The third-order valence-electron chi connectivity index (χ3n) is 5.69. The monoisotopic (exact) mass is 346 g/mol. The Hall–Kier alpha value is -1.49. The Morgan fingerprint density at radius 1 is 1.25 bits per heavy atom. The SMILES string of the molecule is CSCCC(=O)N1CCC2(CC1)CC(c1ccccc1)C(=O)N2C. The van der Waals surface area contributed by atoms with Crippen molar-refractivity contribution in [3.8, 4) is 0 Å². The summed E-state index contributed by atoms with van der Waals surface area (Å²) in [5, 5.41) is 0. The molecule has 0 saturated carbocycles. The predicted molar refractivity (Wildman–Crippen MR) is 98.1 cm³/mol. The van der Waals surface area contributed by atoms with Crippen molar-refractivity contribution in [2.24, 2.45) is 0 Å². The Balaban J connectivity index is 1.67. The van der Waals surface area contributed by atoms with Crippen LogP contribution in [0.3, 0.4) is 0 Å². The molecule has 1 spiro atoms. The summed E-state index contributed by atoms with van der Waals surface area (Å²) in [5.74, 6) is 1.33. The van der Waals surface area contributed by atoms with E-state index in [-0.39, 0.29) is 23.3 Å². The van der Waals surface area contributed by atoms with Gasteiger partial charge >= 0.3 is 0 Å². The van der Waals surface area contributed by atoms with Gasteiger partial charge in [-0.2, -0.15) is 11.8 Å². The lowest BCUT2D eigenvalue weighted by molar-refractivity contribution is -0.135. The molecule has 1 unspecified atom stereocenters. The maximum absolute atomic E-state index is 12.8. The van der Waals surface area contributed by atoms with Crippen LogP contribution in [0.4, 0.5) is 0 Å². The molecular formula is C19H26N2O2S. The summed E-state index contributed by atoms with van der Waals surface area (Å²) in [7, 11) is 1.94. The minimum absolute atomic E-state index is 0.0325. The number of rotatable bonds is 4. The third-order valence-corrected chi connectivity index (χ3v) is 6.31. The van der Waals surface area contributed by atoms with Crippen molar-refractivity contribution in [1.82, 2.24) is 9.80 Å². The van der Waals surface area contributed by atoms with Crippen molar-refractivity contribution < 1.29 is 9.59 Å². The third kappa shape index (κ3) is 3.18. The molecule has 2 aliphatic rings. The van der Waals surface area contributed by atoms with E-state index in [1.807, 2.05) is 41.3 Å². The standard InChI is InChI=1S/C19H26N2O2S/c1-20-18(23)16(15-6-4-3-5-7-15)14-19(20)9-11-21(12-10-19)17(22)8-13-24-2/h3-7,16H,8-14H2,1-2H3. The summed E-state index contributed by atoms with van der Waals surface area (Å²) in [5.41, 5.74) is 1.04. The molecule has 1 aromatic carbocycles. The zero-order valence-corrected chi connectivity index (χ0v) is 15.3. The molecular weight excluding hydrogens is 320 g/mol. The van der Waals surface area contributed by atoms with Gasteiger partial charge in [-0.15, -0.1) is 0 Å². The van der Waals surface area contributed by atoms with E-state index in [2.05, 4.69) is 12.1 Å². The summed E-state index contributed by atoms with van der Waals surface area (Å²) in [4.78, 5) is 29.0. The Bertz CT molecular complexity index is 597. The number of carbonyl (C=O) groups excluding carboxylic acids is 2. The molecule has 2 saturated heterocycles. The van der Waals surface area contributed by atoms with Crippen LogP contribution in [0.2, 0.25) is 0 Å². The van der Waals surface area contributed by atoms with Crippen molar-refractivity contribution in [3.63, 3.8) is 0 Å². The molecule has 0 radical (unpaired) electrons. The molecule has 0 aliphatic carbocycles. The highest BCUT2D eigenvalue weighted by molar-refractivity contribution is 7.98. The first-order valence-electron chi connectivity index (χ1n) is 8.67. The minimum atomic E-state index is -0.0755. The van der Waals surface area contributed by atoms with E-state index in [9.17, 15) is 9.59 Å². The number of nitrogens with zero attached hydrogens (tertiary/aromatic N) is 2. The molecule has 5 heteroatoms. The summed E-state index contributed by atoms with van der Waals surface area (Å²) in [6.45, 7) is 1.54. The number of likely N-dealkylation sites (N-methyl/N-ethyl adjacent to an activating group) is 1. The lowest BCUT2D eigenvalue weighted by Crippen LogP contribution is -2.52. The average molecular weight is 346 g/mol. The first-order chi connectivity index (χ1) is 11.6. The lowest BCUT2D eigenvalue weighted by Gasteiger charge is -2.43. The highest BCUT2D eigenvalue weighted by atomic mass is 32.2. The Morgan fingerprint density at radius 2 is 1.92 bits per heavy atom. The van der Waals surface area contributed by atoms with E-state index in [1.165, 1.54) is 0 Å². The van der Waals surface area contributed by atoms with E-state index in [0.29, 0.717) is 6.42 Å². The molecule has 0 bridgehead atoms. The van der Waals surface area contributed by atoms with Gasteiger partial charge in [-0.3, -0.25) is 9.59 Å². The molecule has 130 valence electrons. The second-order valence-electron chi connectivity index (χ2n) is 6.91. The molecule has 24 heavy (non-hydrogen) atoms. The van der Waals surface area contributed by atoms with Crippen LogP contribution in [0.1, 0.15) is 37.2 Å². The molecule has 0 N–H and O–H groups in total. The molecule has 2 fully saturated rings. The van der Waals surface area contributed by atoms with Gasteiger partial charge in [0.1, 0.15) is 0 Å². The number of hydrogen-bond acceptors (Lipinski definition) is 3. The van der Waals surface area contributed by atoms with Gasteiger partial charge in [0, 0.05) is 37.8 Å². The topological polar surface area (TPSA) is 40.6 Å². The van der Waals surface area contributed by atoms with Crippen molar-refractivity contribution in [3.05, 3.63) is 35.9 Å². The molecule has 1 aromatic rings. The number of likely N-dealkylation sites (tertiary alicyclic amines) is 2. The van der Waals surface area contributed by atoms with E-state index < -0.39 is 0 Å². The smallest absolute Gasteiger partial charge is 0.230 e. The van der Waals surface area contributed by atoms with Crippen molar-refractivity contribution in [1.29, 1.82) is 0 Å². The highest BCUT2D eigenvalue weighted by Gasteiger charge is 2.50. The fourth-order valence-corrected chi connectivity index (χ4v) is 4.46. The number of hydrogen-bond donors (Lipinski definition) is 0. The van der Waals surface area contributed by atoms with Gasteiger partial charge in [-0.1, -0.05) is 30.3 Å². The van der Waals surface area contributed by atoms with Gasteiger partial charge in [0.05, 0.1) is 5.92 Å². The average Bonchev–Trinajstić information content (AvgIpc) is 2.86. The van der Waals surface area contributed by atoms with Crippen molar-refractivity contribution in [2.75, 3.05) is 32.1 Å². The zero-order valence-electron chi connectivity index (χ0n) is 14.5. The molecule has 2 heterocycles. The second kappa shape index (κ2) is 7.18. The van der Waals surface area contributed by atoms with Crippen LogP contribution in [0.5, 0.6) is 0 Å². The second-order valence-corrected chi connectivity index (χ2v) is 7.90. The van der Waals surface area contributed by atoms with Crippen LogP contribution in [0.15, 0.2) is 30.3 Å². The van der Waals surface area contributed by atoms with Gasteiger partial charge in [0.15, 0.2) is 0 Å². The zero-order chi connectivity index (χ0) is 17.2. The molecule has 0 aromatic heterocycles. The van der Waals surface area contributed by atoms with Gasteiger partial charge in [0.25, 0.3) is 0 Å². The first-order valence-corrected chi connectivity index (χ1v) is 10.1. The van der Waals surface area contributed by atoms with E-state index >= 15 is 0 Å².